The van der Waals surface area contributed by atoms with E-state index in [0.717, 1.165) is 29.4 Å². The minimum Gasteiger partial charge on any atom is -0.490 e. The lowest BCUT2D eigenvalue weighted by molar-refractivity contribution is 0.338. The van der Waals surface area contributed by atoms with Crippen molar-refractivity contribution in [1.29, 1.82) is 0 Å². The first-order valence-corrected chi connectivity index (χ1v) is 7.30. The minimum atomic E-state index is 0.306. The van der Waals surface area contributed by atoms with E-state index in [1.54, 1.807) is 6.20 Å². The molecule has 1 heterocycles. The molecule has 1 aromatic carbocycles. The fraction of sp³-hybridized carbons (Fsp3) is 0.353. The smallest absolute Gasteiger partial charge is 0.171 e. The van der Waals surface area contributed by atoms with Crippen molar-refractivity contribution in [3.05, 3.63) is 48.2 Å². The number of hydrogen-bond donors (Lipinski definition) is 1. The Hall–Kier alpha value is -2.23. The van der Waals surface area contributed by atoms with Gasteiger partial charge in [0.25, 0.3) is 0 Å². The molecule has 21 heavy (non-hydrogen) atoms. The second kappa shape index (κ2) is 6.97. The fourth-order valence-electron chi connectivity index (χ4n) is 2.26. The second-order valence-electron chi connectivity index (χ2n) is 5.22. The second-order valence-corrected chi connectivity index (χ2v) is 5.22. The third-order valence-electron chi connectivity index (χ3n) is 3.25. The molecule has 0 atom stereocenters. The molecule has 2 rings (SSSR count). The lowest BCUT2D eigenvalue weighted by atomic mass is 10.1. The van der Waals surface area contributed by atoms with Gasteiger partial charge >= 0.3 is 0 Å². The first kappa shape index (κ1) is 15.2. The number of nitrogens with two attached hydrogens (primary N) is 1. The molecule has 2 N–H and O–H groups in total. The summed E-state index contributed by atoms with van der Waals surface area (Å²) in [6, 6.07) is 12.1. The number of rotatable bonds is 6. The molecule has 0 saturated heterocycles. The van der Waals surface area contributed by atoms with E-state index in [1.807, 2.05) is 37.3 Å². The molecule has 0 amide bonds. The molecule has 0 aliphatic rings. The van der Waals surface area contributed by atoms with E-state index in [-0.39, 0.29) is 0 Å². The van der Waals surface area contributed by atoms with Crippen molar-refractivity contribution in [3.8, 4) is 5.75 Å². The van der Waals surface area contributed by atoms with Crippen LogP contribution in [0.25, 0.3) is 0 Å². The van der Waals surface area contributed by atoms with Crippen LogP contribution >= 0.6 is 0 Å². The van der Waals surface area contributed by atoms with Crippen LogP contribution in [0.4, 0.5) is 11.5 Å². The molecule has 4 heteroatoms. The number of hydrogen-bond acceptors (Lipinski definition) is 4. The third kappa shape index (κ3) is 3.88. The first-order chi connectivity index (χ1) is 10.1. The average molecular weight is 285 g/mol. The van der Waals surface area contributed by atoms with Gasteiger partial charge in [-0.05, 0) is 50.6 Å². The zero-order valence-corrected chi connectivity index (χ0v) is 12.9. The van der Waals surface area contributed by atoms with Crippen LogP contribution in [0.5, 0.6) is 5.75 Å². The fourth-order valence-corrected chi connectivity index (χ4v) is 2.26. The summed E-state index contributed by atoms with van der Waals surface area (Å²) in [5.74, 6) is 1.69. The van der Waals surface area contributed by atoms with Crippen LogP contribution in [0, 0.1) is 0 Å². The third-order valence-corrected chi connectivity index (χ3v) is 3.25. The lowest BCUT2D eigenvalue weighted by Crippen LogP contribution is -2.31. The van der Waals surface area contributed by atoms with Gasteiger partial charge in [-0.1, -0.05) is 12.1 Å². The largest absolute Gasteiger partial charge is 0.490 e. The van der Waals surface area contributed by atoms with Crippen LogP contribution in [-0.2, 0) is 6.54 Å². The Morgan fingerprint density at radius 3 is 2.71 bits per heavy atom. The summed E-state index contributed by atoms with van der Waals surface area (Å²) < 4.78 is 5.70. The number of pyridine rings is 1. The molecule has 4 nitrogen and oxygen atoms in total. The topological polar surface area (TPSA) is 51.4 Å². The highest BCUT2D eigenvalue weighted by molar-refractivity contribution is 5.53. The summed E-state index contributed by atoms with van der Waals surface area (Å²) in [6.45, 7) is 7.66. The molecule has 0 bridgehead atoms. The maximum absolute atomic E-state index is 5.87. The molecule has 0 aliphatic carbocycles. The Morgan fingerprint density at radius 2 is 2.05 bits per heavy atom. The number of benzene rings is 1. The predicted molar refractivity (Wildman–Crippen MR) is 87.6 cm³/mol. The molecule has 0 saturated carbocycles. The van der Waals surface area contributed by atoms with E-state index in [9.17, 15) is 0 Å². The number of nitrogens with zero attached hydrogens (tertiary/aromatic N) is 2. The van der Waals surface area contributed by atoms with Crippen molar-refractivity contribution in [1.82, 2.24) is 4.98 Å². The molecule has 1 aromatic heterocycles. The van der Waals surface area contributed by atoms with Crippen LogP contribution < -0.4 is 15.4 Å². The van der Waals surface area contributed by atoms with Crippen molar-refractivity contribution in [2.45, 2.75) is 33.4 Å². The Balaban J connectivity index is 2.31. The van der Waals surface area contributed by atoms with Crippen molar-refractivity contribution in [3.63, 3.8) is 0 Å². The summed E-state index contributed by atoms with van der Waals surface area (Å²) in [6.07, 6.45) is 1.80. The summed E-state index contributed by atoms with van der Waals surface area (Å²) >= 11 is 0. The average Bonchev–Trinajstić information content (AvgIpc) is 2.46. The minimum absolute atomic E-state index is 0.306. The summed E-state index contributed by atoms with van der Waals surface area (Å²) in [7, 11) is 0. The number of nitrogen functional groups attached to an aromatic ring is 1. The van der Waals surface area contributed by atoms with Gasteiger partial charge in [0.2, 0.25) is 0 Å². The van der Waals surface area contributed by atoms with Crippen molar-refractivity contribution in [2.75, 3.05) is 17.2 Å². The van der Waals surface area contributed by atoms with Gasteiger partial charge in [0.15, 0.2) is 11.6 Å². The van der Waals surface area contributed by atoms with E-state index in [1.165, 1.54) is 0 Å². The molecule has 2 aromatic rings. The molecule has 0 unspecified atom stereocenters. The van der Waals surface area contributed by atoms with E-state index in [4.69, 9.17) is 10.5 Å². The molecular weight excluding hydrogens is 262 g/mol. The summed E-state index contributed by atoms with van der Waals surface area (Å²) in [5, 5.41) is 0. The van der Waals surface area contributed by atoms with Crippen LogP contribution in [0.15, 0.2) is 42.6 Å². The lowest BCUT2D eigenvalue weighted by Gasteiger charge is -2.29. The van der Waals surface area contributed by atoms with E-state index in [0.29, 0.717) is 12.6 Å². The van der Waals surface area contributed by atoms with E-state index < -0.39 is 0 Å². The quantitative estimate of drug-likeness (QED) is 0.826. The molecule has 0 aliphatic heterocycles. The molecule has 0 fully saturated rings. The highest BCUT2D eigenvalue weighted by atomic mass is 16.5. The number of ether oxygens (including phenoxy) is 1. The molecule has 112 valence electrons. The van der Waals surface area contributed by atoms with Crippen LogP contribution in [-0.4, -0.2) is 17.6 Å². The summed E-state index contributed by atoms with van der Waals surface area (Å²) in [4.78, 5) is 6.73. The normalized spacial score (nSPS) is 10.7. The van der Waals surface area contributed by atoms with Crippen LogP contribution in [0.2, 0.25) is 0 Å². The first-order valence-electron chi connectivity index (χ1n) is 7.30. The molecule has 0 spiro atoms. The SMILES string of the molecule is CCOc1cccnc1N(Cc1cccc(N)c1)C(C)C. The van der Waals surface area contributed by atoms with Gasteiger partial charge in [-0.15, -0.1) is 0 Å². The Morgan fingerprint density at radius 1 is 1.24 bits per heavy atom. The van der Waals surface area contributed by atoms with E-state index in [2.05, 4.69) is 29.8 Å². The Labute approximate surface area is 126 Å². The van der Waals surface area contributed by atoms with Gasteiger partial charge < -0.3 is 15.4 Å². The van der Waals surface area contributed by atoms with E-state index >= 15 is 0 Å². The van der Waals surface area contributed by atoms with Crippen molar-refractivity contribution in [2.24, 2.45) is 0 Å². The molecule has 0 radical (unpaired) electrons. The van der Waals surface area contributed by atoms with Gasteiger partial charge in [-0.2, -0.15) is 0 Å². The zero-order valence-electron chi connectivity index (χ0n) is 12.9. The zero-order chi connectivity index (χ0) is 15.2. The number of anilines is 2. The van der Waals surface area contributed by atoms with Crippen LogP contribution in [0.3, 0.4) is 0 Å². The van der Waals surface area contributed by atoms with Gasteiger partial charge in [0.05, 0.1) is 6.61 Å². The van der Waals surface area contributed by atoms with Crippen molar-refractivity contribution < 1.29 is 4.74 Å². The van der Waals surface area contributed by atoms with Gasteiger partial charge in [-0.25, -0.2) is 4.98 Å². The maximum atomic E-state index is 5.87. The standard InChI is InChI=1S/C17H23N3O/c1-4-21-16-9-6-10-19-17(16)20(13(2)3)12-14-7-5-8-15(18)11-14/h5-11,13H,4,12,18H2,1-3H3. The highest BCUT2D eigenvalue weighted by Gasteiger charge is 2.17. The highest BCUT2D eigenvalue weighted by Crippen LogP contribution is 2.28. The molecular formula is C17H23N3O. The van der Waals surface area contributed by atoms with Gasteiger partial charge in [0.1, 0.15) is 0 Å². The number of aromatic nitrogens is 1. The monoisotopic (exact) mass is 285 g/mol. The van der Waals surface area contributed by atoms with Crippen LogP contribution in [0.1, 0.15) is 26.3 Å². The Kier molecular flexibility index (Phi) is 5.04. The van der Waals surface area contributed by atoms with Gasteiger partial charge in [0, 0.05) is 24.5 Å². The Bertz CT molecular complexity index is 584. The summed E-state index contributed by atoms with van der Waals surface area (Å²) in [5.41, 5.74) is 7.81. The van der Waals surface area contributed by atoms with Crippen molar-refractivity contribution >= 4 is 11.5 Å². The maximum Gasteiger partial charge on any atom is 0.171 e. The predicted octanol–water partition coefficient (Wildman–Crippen LogP) is 3.48. The van der Waals surface area contributed by atoms with Gasteiger partial charge in [-0.3, -0.25) is 0 Å².